The molecule has 1 N–H and O–H groups in total. The molecule has 0 radical (unpaired) electrons. The summed E-state index contributed by atoms with van der Waals surface area (Å²) in [6, 6.07) is 10.8. The van der Waals surface area contributed by atoms with E-state index in [2.05, 4.69) is 41.2 Å². The third-order valence-corrected chi connectivity index (χ3v) is 3.63. The lowest BCUT2D eigenvalue weighted by molar-refractivity contribution is 0.242. The van der Waals surface area contributed by atoms with Gasteiger partial charge in [-0.3, -0.25) is 0 Å². The summed E-state index contributed by atoms with van der Waals surface area (Å²) in [5.74, 6) is 0.942. The fourth-order valence-corrected chi connectivity index (χ4v) is 2.67. The van der Waals surface area contributed by atoms with Crippen LogP contribution in [0.25, 0.3) is 0 Å². The summed E-state index contributed by atoms with van der Waals surface area (Å²) in [7, 11) is 0. The molecule has 0 aliphatic heterocycles. The first-order valence-electron chi connectivity index (χ1n) is 6.66. The highest BCUT2D eigenvalue weighted by molar-refractivity contribution is 7.07. The molecule has 1 aromatic heterocycles. The molecule has 1 aromatic carbocycles. The molecule has 0 aliphatic rings. The average molecular weight is 275 g/mol. The van der Waals surface area contributed by atoms with Crippen LogP contribution in [0, 0.1) is 0 Å². The third-order valence-electron chi connectivity index (χ3n) is 2.93. The van der Waals surface area contributed by atoms with Gasteiger partial charge in [0, 0.05) is 12.6 Å². The Bertz CT molecular complexity index is 493. The zero-order chi connectivity index (χ0) is 13.7. The van der Waals surface area contributed by atoms with Crippen molar-refractivity contribution < 1.29 is 4.74 Å². The minimum atomic E-state index is 0.216. The average Bonchev–Trinajstić information content (AvgIpc) is 2.89. The normalized spacial score (nSPS) is 12.6. The van der Waals surface area contributed by atoms with Crippen molar-refractivity contribution in [2.24, 2.45) is 0 Å². The first kappa shape index (κ1) is 14.1. The highest BCUT2D eigenvalue weighted by Crippen LogP contribution is 2.18. The Morgan fingerprint density at radius 2 is 2.05 bits per heavy atom. The Morgan fingerprint density at radius 3 is 2.74 bits per heavy atom. The van der Waals surface area contributed by atoms with Gasteiger partial charge in [0.25, 0.3) is 0 Å². The van der Waals surface area contributed by atoms with Crippen LogP contribution in [0.5, 0.6) is 5.75 Å². The van der Waals surface area contributed by atoms with Crippen LogP contribution in [-0.2, 0) is 6.54 Å². The van der Waals surface area contributed by atoms with E-state index in [1.165, 1.54) is 11.1 Å². The quantitative estimate of drug-likeness (QED) is 0.844. The summed E-state index contributed by atoms with van der Waals surface area (Å²) in [5.41, 5.74) is 2.60. The summed E-state index contributed by atoms with van der Waals surface area (Å²) in [4.78, 5) is 0. The number of nitrogens with one attached hydrogen (secondary N) is 1. The maximum atomic E-state index is 5.71. The molecule has 102 valence electrons. The fourth-order valence-electron chi connectivity index (χ4n) is 1.91. The van der Waals surface area contributed by atoms with E-state index in [0.717, 1.165) is 12.3 Å². The third kappa shape index (κ3) is 4.37. The van der Waals surface area contributed by atoms with Crippen LogP contribution in [-0.4, -0.2) is 6.10 Å². The fraction of sp³-hybridized carbons (Fsp3) is 0.375. The van der Waals surface area contributed by atoms with Crippen molar-refractivity contribution in [3.8, 4) is 5.75 Å². The zero-order valence-electron chi connectivity index (χ0n) is 11.7. The predicted octanol–water partition coefficient (Wildman–Crippen LogP) is 4.39. The standard InChI is InChI=1S/C16H21NOS/c1-12(2)18-16-6-4-5-14(9-16)10-17-13(3)15-7-8-19-11-15/h4-9,11-13,17H,10H2,1-3H3. The minimum absolute atomic E-state index is 0.216. The molecule has 0 spiro atoms. The summed E-state index contributed by atoms with van der Waals surface area (Å²) in [6.07, 6.45) is 0.216. The van der Waals surface area contributed by atoms with E-state index in [-0.39, 0.29) is 6.10 Å². The van der Waals surface area contributed by atoms with Crippen molar-refractivity contribution in [2.75, 3.05) is 0 Å². The van der Waals surface area contributed by atoms with Crippen molar-refractivity contribution in [2.45, 2.75) is 39.5 Å². The second-order valence-corrected chi connectivity index (χ2v) is 5.75. The number of thiophene rings is 1. The van der Waals surface area contributed by atoms with E-state index >= 15 is 0 Å². The lowest BCUT2D eigenvalue weighted by Gasteiger charge is -2.14. The molecule has 0 saturated heterocycles. The Kier molecular flexibility index (Phi) is 5.00. The van der Waals surface area contributed by atoms with Crippen LogP contribution in [0.15, 0.2) is 41.1 Å². The molecular weight excluding hydrogens is 254 g/mol. The van der Waals surface area contributed by atoms with Gasteiger partial charge in [0.05, 0.1) is 6.10 Å². The maximum Gasteiger partial charge on any atom is 0.120 e. The van der Waals surface area contributed by atoms with Crippen LogP contribution in [0.2, 0.25) is 0 Å². The van der Waals surface area contributed by atoms with Crippen molar-refractivity contribution >= 4 is 11.3 Å². The molecule has 0 saturated carbocycles. The van der Waals surface area contributed by atoms with E-state index in [4.69, 9.17) is 4.74 Å². The van der Waals surface area contributed by atoms with Crippen molar-refractivity contribution in [1.82, 2.24) is 5.32 Å². The highest BCUT2D eigenvalue weighted by atomic mass is 32.1. The monoisotopic (exact) mass is 275 g/mol. The van der Waals surface area contributed by atoms with Crippen molar-refractivity contribution in [3.05, 3.63) is 52.2 Å². The summed E-state index contributed by atoms with van der Waals surface area (Å²) in [5, 5.41) is 7.84. The smallest absolute Gasteiger partial charge is 0.120 e. The van der Waals surface area contributed by atoms with Crippen LogP contribution in [0.1, 0.15) is 37.9 Å². The molecule has 0 aliphatic carbocycles. The molecule has 19 heavy (non-hydrogen) atoms. The number of hydrogen-bond acceptors (Lipinski definition) is 3. The van der Waals surface area contributed by atoms with E-state index in [9.17, 15) is 0 Å². The number of hydrogen-bond donors (Lipinski definition) is 1. The molecule has 2 rings (SSSR count). The van der Waals surface area contributed by atoms with Gasteiger partial charge >= 0.3 is 0 Å². The summed E-state index contributed by atoms with van der Waals surface area (Å²) >= 11 is 1.74. The second kappa shape index (κ2) is 6.73. The van der Waals surface area contributed by atoms with E-state index in [1.54, 1.807) is 11.3 Å². The first-order chi connectivity index (χ1) is 9.15. The van der Waals surface area contributed by atoms with Gasteiger partial charge < -0.3 is 10.1 Å². The predicted molar refractivity (Wildman–Crippen MR) is 81.8 cm³/mol. The van der Waals surface area contributed by atoms with Gasteiger partial charge in [-0.2, -0.15) is 11.3 Å². The number of ether oxygens (including phenoxy) is 1. The van der Waals surface area contributed by atoms with Gasteiger partial charge in [-0.25, -0.2) is 0 Å². The highest BCUT2D eigenvalue weighted by Gasteiger charge is 2.05. The van der Waals surface area contributed by atoms with Gasteiger partial charge in [0.2, 0.25) is 0 Å². The second-order valence-electron chi connectivity index (χ2n) is 4.97. The van der Waals surface area contributed by atoms with E-state index < -0.39 is 0 Å². The largest absolute Gasteiger partial charge is 0.491 e. The van der Waals surface area contributed by atoms with Gasteiger partial charge in [0.15, 0.2) is 0 Å². The van der Waals surface area contributed by atoms with E-state index in [0.29, 0.717) is 6.04 Å². The van der Waals surface area contributed by atoms with Crippen molar-refractivity contribution in [1.29, 1.82) is 0 Å². The number of benzene rings is 1. The van der Waals surface area contributed by atoms with Crippen LogP contribution >= 0.6 is 11.3 Å². The molecule has 1 atom stereocenters. The van der Waals surface area contributed by atoms with Crippen LogP contribution in [0.4, 0.5) is 0 Å². The molecule has 1 unspecified atom stereocenters. The molecular formula is C16H21NOS. The molecule has 2 aromatic rings. The topological polar surface area (TPSA) is 21.3 Å². The molecule has 3 heteroatoms. The zero-order valence-corrected chi connectivity index (χ0v) is 12.5. The van der Waals surface area contributed by atoms with Gasteiger partial charge in [-0.05, 0) is 60.9 Å². The maximum absolute atomic E-state index is 5.71. The lowest BCUT2D eigenvalue weighted by Crippen LogP contribution is -2.17. The Hall–Kier alpha value is -1.32. The minimum Gasteiger partial charge on any atom is -0.491 e. The molecule has 0 amide bonds. The van der Waals surface area contributed by atoms with E-state index in [1.807, 2.05) is 26.0 Å². The Morgan fingerprint density at radius 1 is 1.21 bits per heavy atom. The van der Waals surface area contributed by atoms with Crippen molar-refractivity contribution in [3.63, 3.8) is 0 Å². The summed E-state index contributed by atoms with van der Waals surface area (Å²) < 4.78 is 5.71. The molecule has 1 heterocycles. The Labute approximate surface area is 119 Å². The van der Waals surface area contributed by atoms with Gasteiger partial charge in [0.1, 0.15) is 5.75 Å². The van der Waals surface area contributed by atoms with Gasteiger partial charge in [-0.15, -0.1) is 0 Å². The van der Waals surface area contributed by atoms with Crippen LogP contribution in [0.3, 0.4) is 0 Å². The summed E-state index contributed by atoms with van der Waals surface area (Å²) in [6.45, 7) is 7.13. The number of rotatable bonds is 6. The Balaban J connectivity index is 1.92. The van der Waals surface area contributed by atoms with Gasteiger partial charge in [-0.1, -0.05) is 12.1 Å². The molecule has 0 fully saturated rings. The van der Waals surface area contributed by atoms with Crippen LogP contribution < -0.4 is 10.1 Å². The molecule has 0 bridgehead atoms. The lowest BCUT2D eigenvalue weighted by atomic mass is 10.1. The first-order valence-corrected chi connectivity index (χ1v) is 7.60. The SMILES string of the molecule is CC(C)Oc1cccc(CNC(C)c2ccsc2)c1. The molecule has 2 nitrogen and oxygen atoms in total.